The molecule has 5 aromatic rings. The highest BCUT2D eigenvalue weighted by molar-refractivity contribution is 7.98. The molecule has 35 heavy (non-hydrogen) atoms. The van der Waals surface area contributed by atoms with Crippen molar-refractivity contribution in [3.63, 3.8) is 0 Å². The first-order valence-electron chi connectivity index (χ1n) is 11.0. The van der Waals surface area contributed by atoms with Crippen molar-refractivity contribution < 1.29 is 4.79 Å². The number of fused-ring (bicyclic) bond motifs is 1. The molecule has 2 aromatic carbocycles. The summed E-state index contributed by atoms with van der Waals surface area (Å²) >= 11 is 1.58. The predicted octanol–water partition coefficient (Wildman–Crippen LogP) is 5.77. The Kier molecular flexibility index (Phi) is 6.58. The van der Waals surface area contributed by atoms with Gasteiger partial charge in [0.15, 0.2) is 11.5 Å². The number of aromatic nitrogens is 4. The number of nitrogens with one attached hydrogen (secondary N) is 3. The number of carbonyl (C=O) groups excluding carboxylic acids is 1. The average Bonchev–Trinajstić information content (AvgIpc) is 3.37. The van der Waals surface area contributed by atoms with Gasteiger partial charge in [0.25, 0.3) is 0 Å². The summed E-state index contributed by atoms with van der Waals surface area (Å²) in [7, 11) is 0. The number of carbonyl (C=O) groups is 1. The van der Waals surface area contributed by atoms with E-state index < -0.39 is 0 Å². The highest BCUT2D eigenvalue weighted by atomic mass is 32.2. The first-order valence-corrected chi connectivity index (χ1v) is 12.2. The molecule has 5 rings (SSSR count). The molecule has 3 N–H and O–H groups in total. The van der Waals surface area contributed by atoms with Crippen LogP contribution in [0.5, 0.6) is 0 Å². The standard InChI is InChI=1S/C26H23N7OS/c1-35-23-8-3-2-7-21(23)32-26(34)30-20-6-4-5-19(15-20)22-17-33-14-13-28-25(33)24(31-22)29-16-18-9-11-27-12-10-18/h2-15,17H,16H2,1H3,(H,29,31)(H2,30,32,34). The van der Waals surface area contributed by atoms with E-state index in [1.807, 2.05) is 83.7 Å². The number of thioether (sulfide) groups is 1. The second-order valence-electron chi connectivity index (χ2n) is 7.70. The van der Waals surface area contributed by atoms with Crippen LogP contribution in [0, 0.1) is 0 Å². The Morgan fingerprint density at radius 2 is 1.86 bits per heavy atom. The van der Waals surface area contributed by atoms with Crippen LogP contribution in [0.1, 0.15) is 5.56 Å². The van der Waals surface area contributed by atoms with Crippen molar-refractivity contribution in [3.05, 3.63) is 97.2 Å². The number of hydrogen-bond acceptors (Lipinski definition) is 6. The number of urea groups is 1. The van der Waals surface area contributed by atoms with E-state index in [-0.39, 0.29) is 6.03 Å². The summed E-state index contributed by atoms with van der Waals surface area (Å²) in [5, 5.41) is 9.22. The van der Waals surface area contributed by atoms with Gasteiger partial charge in [0.05, 0.1) is 11.4 Å². The van der Waals surface area contributed by atoms with E-state index >= 15 is 0 Å². The Morgan fingerprint density at radius 1 is 1.00 bits per heavy atom. The van der Waals surface area contributed by atoms with Gasteiger partial charge in [0, 0.05) is 53.7 Å². The number of pyridine rings is 1. The van der Waals surface area contributed by atoms with Crippen LogP contribution in [0.4, 0.5) is 22.0 Å². The fraction of sp³-hybridized carbons (Fsp3) is 0.0769. The van der Waals surface area contributed by atoms with Crippen molar-refractivity contribution in [2.45, 2.75) is 11.4 Å². The molecular weight excluding hydrogens is 458 g/mol. The summed E-state index contributed by atoms with van der Waals surface area (Å²) in [6, 6.07) is 18.9. The monoisotopic (exact) mass is 481 g/mol. The van der Waals surface area contributed by atoms with Crippen molar-refractivity contribution in [2.75, 3.05) is 22.2 Å². The number of hydrogen-bond donors (Lipinski definition) is 3. The van der Waals surface area contributed by atoms with E-state index in [2.05, 4.69) is 25.9 Å². The summed E-state index contributed by atoms with van der Waals surface area (Å²) in [5.74, 6) is 0.675. The summed E-state index contributed by atoms with van der Waals surface area (Å²) in [5.41, 5.74) is 4.90. The molecule has 8 nitrogen and oxygen atoms in total. The van der Waals surface area contributed by atoms with Gasteiger partial charge in [0.2, 0.25) is 0 Å². The van der Waals surface area contributed by atoms with E-state index in [9.17, 15) is 4.79 Å². The molecule has 0 spiro atoms. The third kappa shape index (κ3) is 5.25. The minimum absolute atomic E-state index is 0.304. The zero-order valence-corrected chi connectivity index (χ0v) is 19.8. The normalized spacial score (nSPS) is 10.8. The molecular formula is C26H23N7OS. The van der Waals surface area contributed by atoms with Crippen LogP contribution in [0.3, 0.4) is 0 Å². The van der Waals surface area contributed by atoms with Gasteiger partial charge in [-0.25, -0.2) is 14.8 Å². The molecule has 0 fully saturated rings. The maximum atomic E-state index is 12.6. The number of benzene rings is 2. The van der Waals surface area contributed by atoms with Gasteiger partial charge in [-0.15, -0.1) is 11.8 Å². The Labute approximate surface area is 206 Å². The highest BCUT2D eigenvalue weighted by Gasteiger charge is 2.11. The number of amides is 2. The van der Waals surface area contributed by atoms with Crippen molar-refractivity contribution in [1.29, 1.82) is 0 Å². The summed E-state index contributed by atoms with van der Waals surface area (Å²) < 4.78 is 1.93. The van der Waals surface area contributed by atoms with Crippen LogP contribution < -0.4 is 16.0 Å². The van der Waals surface area contributed by atoms with Gasteiger partial charge in [-0.05, 0) is 48.2 Å². The van der Waals surface area contributed by atoms with Crippen LogP contribution in [0.25, 0.3) is 16.9 Å². The SMILES string of the molecule is CSc1ccccc1NC(=O)Nc1cccc(-c2cn3ccnc3c(NCc3ccncc3)n2)c1. The van der Waals surface area contributed by atoms with Crippen LogP contribution in [-0.4, -0.2) is 31.6 Å². The Morgan fingerprint density at radius 3 is 2.71 bits per heavy atom. The lowest BCUT2D eigenvalue weighted by Gasteiger charge is -2.12. The zero-order chi connectivity index (χ0) is 24.0. The van der Waals surface area contributed by atoms with Crippen LogP contribution in [-0.2, 0) is 6.54 Å². The molecule has 9 heteroatoms. The molecule has 2 amide bonds. The molecule has 0 saturated carbocycles. The molecule has 174 valence electrons. The molecule has 0 aliphatic carbocycles. The van der Waals surface area contributed by atoms with Crippen molar-refractivity contribution >= 4 is 40.6 Å². The fourth-order valence-electron chi connectivity index (χ4n) is 3.66. The Balaban J connectivity index is 1.37. The molecule has 0 unspecified atom stereocenters. The van der Waals surface area contributed by atoms with Gasteiger partial charge in [0.1, 0.15) is 0 Å². The van der Waals surface area contributed by atoms with E-state index in [0.29, 0.717) is 18.1 Å². The largest absolute Gasteiger partial charge is 0.363 e. The third-order valence-corrected chi connectivity index (χ3v) is 6.15. The van der Waals surface area contributed by atoms with Crippen LogP contribution >= 0.6 is 11.8 Å². The summed E-state index contributed by atoms with van der Waals surface area (Å²) in [6.07, 6.45) is 11.1. The Bertz CT molecular complexity index is 1470. The topological polar surface area (TPSA) is 96.2 Å². The van der Waals surface area contributed by atoms with Gasteiger partial charge >= 0.3 is 6.03 Å². The summed E-state index contributed by atoms with van der Waals surface area (Å²) in [6.45, 7) is 0.598. The van der Waals surface area contributed by atoms with E-state index in [1.54, 1.807) is 30.4 Å². The summed E-state index contributed by atoms with van der Waals surface area (Å²) in [4.78, 5) is 27.0. The molecule has 0 radical (unpaired) electrons. The number of rotatable bonds is 7. The molecule has 3 heterocycles. The number of nitrogens with zero attached hydrogens (tertiary/aromatic N) is 4. The predicted molar refractivity (Wildman–Crippen MR) is 141 cm³/mol. The van der Waals surface area contributed by atoms with Crippen molar-refractivity contribution in [1.82, 2.24) is 19.4 Å². The molecule has 0 saturated heterocycles. The number of anilines is 3. The molecule has 3 aromatic heterocycles. The third-order valence-electron chi connectivity index (χ3n) is 5.35. The second-order valence-corrected chi connectivity index (χ2v) is 8.55. The fourth-order valence-corrected chi connectivity index (χ4v) is 4.22. The smallest absolute Gasteiger partial charge is 0.323 e. The Hall–Kier alpha value is -4.37. The van der Waals surface area contributed by atoms with Gasteiger partial charge < -0.3 is 20.4 Å². The maximum Gasteiger partial charge on any atom is 0.323 e. The van der Waals surface area contributed by atoms with Gasteiger partial charge in [-0.3, -0.25) is 4.98 Å². The van der Waals surface area contributed by atoms with Crippen molar-refractivity contribution in [3.8, 4) is 11.3 Å². The minimum atomic E-state index is -0.304. The molecule has 0 aliphatic rings. The highest BCUT2D eigenvalue weighted by Crippen LogP contribution is 2.26. The van der Waals surface area contributed by atoms with E-state index in [1.165, 1.54) is 0 Å². The molecule has 0 bridgehead atoms. The first kappa shape index (κ1) is 22.4. The van der Waals surface area contributed by atoms with E-state index in [0.717, 1.165) is 33.1 Å². The van der Waals surface area contributed by atoms with Gasteiger partial charge in [-0.1, -0.05) is 24.3 Å². The zero-order valence-electron chi connectivity index (χ0n) is 19.0. The van der Waals surface area contributed by atoms with Crippen LogP contribution in [0.15, 0.2) is 96.5 Å². The first-order chi connectivity index (χ1) is 17.2. The lowest BCUT2D eigenvalue weighted by molar-refractivity contribution is 0.262. The number of para-hydroxylation sites is 1. The van der Waals surface area contributed by atoms with Crippen LogP contribution in [0.2, 0.25) is 0 Å². The maximum absolute atomic E-state index is 12.6. The number of imidazole rings is 1. The lowest BCUT2D eigenvalue weighted by Crippen LogP contribution is -2.19. The minimum Gasteiger partial charge on any atom is -0.363 e. The quantitative estimate of drug-likeness (QED) is 0.255. The average molecular weight is 482 g/mol. The lowest BCUT2D eigenvalue weighted by atomic mass is 10.1. The second kappa shape index (κ2) is 10.3. The van der Waals surface area contributed by atoms with E-state index in [4.69, 9.17) is 4.98 Å². The van der Waals surface area contributed by atoms with Crippen molar-refractivity contribution in [2.24, 2.45) is 0 Å². The molecule has 0 aliphatic heterocycles. The van der Waals surface area contributed by atoms with Gasteiger partial charge in [-0.2, -0.15) is 0 Å². The molecule has 0 atom stereocenters.